The van der Waals surface area contributed by atoms with E-state index in [1.807, 2.05) is 45.0 Å². The van der Waals surface area contributed by atoms with E-state index in [0.29, 0.717) is 41.0 Å². The number of benzene rings is 3. The van der Waals surface area contributed by atoms with Crippen LogP contribution in [0, 0.1) is 19.8 Å². The van der Waals surface area contributed by atoms with E-state index in [4.69, 9.17) is 30.5 Å². The van der Waals surface area contributed by atoms with Gasteiger partial charge in [-0.15, -0.1) is 0 Å². The summed E-state index contributed by atoms with van der Waals surface area (Å²) in [6.07, 6.45) is 2.84. The third-order valence-electron chi connectivity index (χ3n) is 8.28. The monoisotopic (exact) mass is 592 g/mol. The number of aliphatic hydroxyl groups is 1. The maximum absolute atomic E-state index is 14.0. The Morgan fingerprint density at radius 2 is 1.79 bits per heavy atom. The van der Waals surface area contributed by atoms with Gasteiger partial charge in [-0.3, -0.25) is 4.79 Å². The number of ether oxygens (including phenoxy) is 4. The van der Waals surface area contributed by atoms with Crippen molar-refractivity contribution < 1.29 is 33.6 Å². The summed E-state index contributed by atoms with van der Waals surface area (Å²) >= 11 is 6.69. The minimum atomic E-state index is -0.853. The largest absolute Gasteiger partial charge is 0.495 e. The number of carbonyl (C=O) groups excluding carboxylic acids is 2. The molecule has 1 atom stereocenters. The molecule has 1 N–H and O–H groups in total. The molecule has 1 heterocycles. The van der Waals surface area contributed by atoms with Gasteiger partial charge in [-0.1, -0.05) is 68.1 Å². The van der Waals surface area contributed by atoms with Gasteiger partial charge in [0.05, 0.1) is 29.2 Å². The number of carbonyl (C=O) groups is 2. The fourth-order valence-electron chi connectivity index (χ4n) is 6.02. The summed E-state index contributed by atoms with van der Waals surface area (Å²) in [6, 6.07) is 13.0. The van der Waals surface area contributed by atoms with E-state index in [-0.39, 0.29) is 47.1 Å². The Labute approximate surface area is 251 Å². The van der Waals surface area contributed by atoms with Crippen molar-refractivity contribution in [2.45, 2.75) is 77.9 Å². The Morgan fingerprint density at radius 3 is 2.43 bits per heavy atom. The van der Waals surface area contributed by atoms with E-state index >= 15 is 0 Å². The van der Waals surface area contributed by atoms with Crippen molar-refractivity contribution in [2.75, 3.05) is 7.11 Å². The number of cyclic esters (lactones) is 1. The Balaban J connectivity index is 1.58. The maximum Gasteiger partial charge on any atom is 0.346 e. The van der Waals surface area contributed by atoms with Crippen LogP contribution < -0.4 is 14.2 Å². The van der Waals surface area contributed by atoms with Crippen LogP contribution in [0.1, 0.15) is 90.2 Å². The zero-order valence-corrected chi connectivity index (χ0v) is 25.5. The van der Waals surface area contributed by atoms with Gasteiger partial charge in [-0.25, -0.2) is 4.79 Å². The van der Waals surface area contributed by atoms with E-state index < -0.39 is 17.5 Å². The molecule has 0 saturated heterocycles. The molecule has 222 valence electrons. The van der Waals surface area contributed by atoms with Crippen LogP contribution in [0.3, 0.4) is 0 Å². The first-order valence-electron chi connectivity index (χ1n) is 14.4. The summed E-state index contributed by atoms with van der Waals surface area (Å²) in [5.74, 6) is -0.108. The molecule has 3 aromatic rings. The second-order valence-electron chi connectivity index (χ2n) is 11.7. The van der Waals surface area contributed by atoms with Crippen molar-refractivity contribution in [3.8, 4) is 23.0 Å². The van der Waals surface area contributed by atoms with Crippen LogP contribution in [0.4, 0.5) is 0 Å². The molecule has 0 radical (unpaired) electrons. The van der Waals surface area contributed by atoms with Crippen LogP contribution in [-0.4, -0.2) is 24.2 Å². The molecule has 0 spiro atoms. The molecule has 0 amide bonds. The highest BCUT2D eigenvalue weighted by Gasteiger charge is 2.45. The molecule has 1 fully saturated rings. The van der Waals surface area contributed by atoms with Crippen LogP contribution in [0.25, 0.3) is 0 Å². The van der Waals surface area contributed by atoms with Gasteiger partial charge in [0.25, 0.3) is 0 Å². The molecule has 1 saturated carbocycles. The summed E-state index contributed by atoms with van der Waals surface area (Å²) in [5, 5.41) is 11.2. The Morgan fingerprint density at radius 1 is 1.10 bits per heavy atom. The molecule has 0 bridgehead atoms. The third-order valence-corrected chi connectivity index (χ3v) is 8.81. The van der Waals surface area contributed by atoms with E-state index in [0.717, 1.165) is 24.0 Å². The number of hydrogen-bond acceptors (Lipinski definition) is 7. The van der Waals surface area contributed by atoms with Crippen molar-refractivity contribution >= 4 is 23.5 Å². The molecular weight excluding hydrogens is 556 g/mol. The van der Waals surface area contributed by atoms with Gasteiger partial charge in [-0.05, 0) is 68.4 Å². The van der Waals surface area contributed by atoms with Crippen LogP contribution in [-0.2, 0) is 21.6 Å². The molecule has 1 aliphatic heterocycles. The molecule has 0 aromatic heterocycles. The molecule has 42 heavy (non-hydrogen) atoms. The predicted octanol–water partition coefficient (Wildman–Crippen LogP) is 7.93. The van der Waals surface area contributed by atoms with Crippen molar-refractivity contribution in [1.29, 1.82) is 0 Å². The standard InChI is InChI=1S/C34H37ClO7/c1-19(2)16-25(36)23-12-13-26-28(31(23)39-5)32(37)40-18-24-29(35)21(4)17-27(30(24)41-26)42-33(38)34(14-6-7-15-34)22-10-8-20(3)9-11-22/h8-13,17,19,25,36H,6-7,14-16,18H2,1-5H3/t25-/m0/s1. The van der Waals surface area contributed by atoms with Gasteiger partial charge >= 0.3 is 11.9 Å². The van der Waals surface area contributed by atoms with Gasteiger partial charge in [-0.2, -0.15) is 0 Å². The second-order valence-corrected chi connectivity index (χ2v) is 12.1. The lowest BCUT2D eigenvalue weighted by Crippen LogP contribution is -2.36. The lowest BCUT2D eigenvalue weighted by molar-refractivity contribution is -0.141. The third kappa shape index (κ3) is 5.48. The fraction of sp³-hybridized carbons (Fsp3) is 0.412. The van der Waals surface area contributed by atoms with E-state index in [1.54, 1.807) is 25.1 Å². The molecule has 3 aromatic carbocycles. The summed E-state index contributed by atoms with van der Waals surface area (Å²) < 4.78 is 23.9. The van der Waals surface area contributed by atoms with Crippen LogP contribution >= 0.6 is 11.6 Å². The van der Waals surface area contributed by atoms with Crippen LogP contribution in [0.5, 0.6) is 23.0 Å². The number of hydrogen-bond donors (Lipinski definition) is 1. The SMILES string of the molecule is COc1c([C@@H](O)CC(C)C)ccc2c1C(=O)OCc1c(Cl)c(C)cc(OC(=O)C3(c4ccc(C)cc4)CCCC3)c1O2. The van der Waals surface area contributed by atoms with Gasteiger partial charge < -0.3 is 24.1 Å². The van der Waals surface area contributed by atoms with Crippen molar-refractivity contribution in [3.63, 3.8) is 0 Å². The number of halogens is 1. The summed E-state index contributed by atoms with van der Waals surface area (Å²) in [7, 11) is 1.43. The van der Waals surface area contributed by atoms with Gasteiger partial charge in [0.2, 0.25) is 0 Å². The summed E-state index contributed by atoms with van der Waals surface area (Å²) in [5.41, 5.74) is 2.83. The highest BCUT2D eigenvalue weighted by atomic mass is 35.5. The summed E-state index contributed by atoms with van der Waals surface area (Å²) in [4.78, 5) is 27.3. The number of aliphatic hydroxyl groups excluding tert-OH is 1. The lowest BCUT2D eigenvalue weighted by Gasteiger charge is -2.29. The van der Waals surface area contributed by atoms with E-state index in [2.05, 4.69) is 0 Å². The topological polar surface area (TPSA) is 91.3 Å². The normalized spacial score (nSPS) is 16.4. The van der Waals surface area contributed by atoms with E-state index in [9.17, 15) is 14.7 Å². The van der Waals surface area contributed by atoms with Crippen molar-refractivity contribution in [3.05, 3.63) is 80.9 Å². The van der Waals surface area contributed by atoms with E-state index in [1.165, 1.54) is 7.11 Å². The first-order valence-corrected chi connectivity index (χ1v) is 14.8. The average Bonchev–Trinajstić information content (AvgIpc) is 3.45. The lowest BCUT2D eigenvalue weighted by atomic mass is 9.78. The Hall–Kier alpha value is -3.55. The molecule has 7 nitrogen and oxygen atoms in total. The van der Waals surface area contributed by atoms with Gasteiger partial charge in [0.1, 0.15) is 23.7 Å². The minimum Gasteiger partial charge on any atom is -0.495 e. The molecule has 2 aliphatic rings. The average molecular weight is 593 g/mol. The number of aryl methyl sites for hydroxylation is 2. The number of fused-ring (bicyclic) bond motifs is 2. The Kier molecular flexibility index (Phi) is 8.53. The molecule has 0 unspecified atom stereocenters. The highest BCUT2D eigenvalue weighted by Crippen LogP contribution is 2.48. The maximum atomic E-state index is 14.0. The summed E-state index contributed by atoms with van der Waals surface area (Å²) in [6.45, 7) is 7.61. The Bertz CT molecular complexity index is 1500. The van der Waals surface area contributed by atoms with Crippen molar-refractivity contribution in [1.82, 2.24) is 0 Å². The van der Waals surface area contributed by atoms with Gasteiger partial charge in [0, 0.05) is 5.56 Å². The number of rotatable bonds is 7. The number of methoxy groups -OCH3 is 1. The predicted molar refractivity (Wildman–Crippen MR) is 160 cm³/mol. The molecule has 5 rings (SSSR count). The quantitative estimate of drug-likeness (QED) is 0.220. The fourth-order valence-corrected chi connectivity index (χ4v) is 6.22. The van der Waals surface area contributed by atoms with Crippen molar-refractivity contribution in [2.24, 2.45) is 5.92 Å². The van der Waals surface area contributed by atoms with Crippen LogP contribution in [0.2, 0.25) is 5.02 Å². The molecular formula is C34H37ClO7. The zero-order valence-electron chi connectivity index (χ0n) is 24.7. The first-order chi connectivity index (χ1) is 20.1. The smallest absolute Gasteiger partial charge is 0.346 e. The van der Waals surface area contributed by atoms with Crippen LogP contribution in [0.15, 0.2) is 42.5 Å². The number of esters is 2. The first kappa shape index (κ1) is 29.9. The minimum absolute atomic E-state index is 0.0457. The second kappa shape index (κ2) is 12.0. The molecule has 8 heteroatoms. The zero-order chi connectivity index (χ0) is 30.2. The highest BCUT2D eigenvalue weighted by molar-refractivity contribution is 6.32. The van der Waals surface area contributed by atoms with Gasteiger partial charge in [0.15, 0.2) is 11.5 Å². The molecule has 1 aliphatic carbocycles.